The zero-order chi connectivity index (χ0) is 11.0. The molecule has 2 aliphatic rings. The summed E-state index contributed by atoms with van der Waals surface area (Å²) in [7, 11) is 0. The third-order valence-corrected chi connectivity index (χ3v) is 3.92. The summed E-state index contributed by atoms with van der Waals surface area (Å²) in [5, 5.41) is 13.5. The maximum Gasteiger partial charge on any atom is 0.119 e. The van der Waals surface area contributed by atoms with Crippen LogP contribution in [0.5, 0.6) is 5.75 Å². The highest BCUT2D eigenvalue weighted by Gasteiger charge is 2.19. The second-order valence-corrected chi connectivity index (χ2v) is 5.10. The number of phenolic OH excluding ortho intramolecular Hbond substituents is 1. The van der Waals surface area contributed by atoms with Gasteiger partial charge in [-0.25, -0.2) is 0 Å². The van der Waals surface area contributed by atoms with Crippen LogP contribution in [0.2, 0.25) is 0 Å². The molecule has 1 aliphatic carbocycles. The Bertz CT molecular complexity index is 394. The molecular formula is C14H19NO. The van der Waals surface area contributed by atoms with Gasteiger partial charge >= 0.3 is 0 Å². The zero-order valence-corrected chi connectivity index (χ0v) is 9.63. The van der Waals surface area contributed by atoms with Crippen molar-refractivity contribution in [2.75, 3.05) is 6.54 Å². The molecule has 0 bridgehead atoms. The van der Waals surface area contributed by atoms with Gasteiger partial charge in [0.25, 0.3) is 0 Å². The highest BCUT2D eigenvalue weighted by molar-refractivity contribution is 5.44. The highest BCUT2D eigenvalue weighted by atomic mass is 16.3. The van der Waals surface area contributed by atoms with E-state index in [4.69, 9.17) is 0 Å². The van der Waals surface area contributed by atoms with Gasteiger partial charge < -0.3 is 10.4 Å². The fourth-order valence-electron chi connectivity index (χ4n) is 3.02. The summed E-state index contributed by atoms with van der Waals surface area (Å²) in [5.41, 5.74) is 3.96. The van der Waals surface area contributed by atoms with Gasteiger partial charge in [-0.3, -0.25) is 0 Å². The molecule has 16 heavy (non-hydrogen) atoms. The standard InChI is InChI=1S/C14H19NO/c16-14-9-11-4-1-3-10(11)7-12(14)8-13-5-2-6-15-13/h7,9,13,15-16H,1-6,8H2. The van der Waals surface area contributed by atoms with Crippen LogP contribution < -0.4 is 5.32 Å². The molecule has 0 spiro atoms. The van der Waals surface area contributed by atoms with Gasteiger partial charge in [0.05, 0.1) is 0 Å². The minimum atomic E-state index is 0.509. The monoisotopic (exact) mass is 217 g/mol. The minimum absolute atomic E-state index is 0.509. The molecule has 1 aromatic rings. The SMILES string of the molecule is Oc1cc2c(cc1CC1CCCN1)CCC2. The van der Waals surface area contributed by atoms with E-state index in [1.807, 2.05) is 6.07 Å². The maximum absolute atomic E-state index is 10.0. The first kappa shape index (κ1) is 10.2. The van der Waals surface area contributed by atoms with Crippen molar-refractivity contribution in [2.45, 2.75) is 44.6 Å². The molecule has 2 N–H and O–H groups in total. The molecule has 0 radical (unpaired) electrons. The Morgan fingerprint density at radius 3 is 2.75 bits per heavy atom. The first-order chi connectivity index (χ1) is 7.83. The molecule has 0 aromatic heterocycles. The Balaban J connectivity index is 1.83. The molecule has 1 aromatic carbocycles. The van der Waals surface area contributed by atoms with E-state index in [9.17, 15) is 5.11 Å². The first-order valence-corrected chi connectivity index (χ1v) is 6.40. The summed E-state index contributed by atoms with van der Waals surface area (Å²) in [5.74, 6) is 0.509. The van der Waals surface area contributed by atoms with Crippen molar-refractivity contribution in [2.24, 2.45) is 0 Å². The molecule has 1 fully saturated rings. The number of aromatic hydroxyl groups is 1. The lowest BCUT2D eigenvalue weighted by Gasteiger charge is -2.13. The van der Waals surface area contributed by atoms with Gasteiger partial charge in [0, 0.05) is 6.04 Å². The number of nitrogens with one attached hydrogen (secondary N) is 1. The van der Waals surface area contributed by atoms with E-state index in [0.29, 0.717) is 11.8 Å². The van der Waals surface area contributed by atoms with Crippen LogP contribution in [-0.4, -0.2) is 17.7 Å². The molecule has 1 aliphatic heterocycles. The normalized spacial score (nSPS) is 23.6. The van der Waals surface area contributed by atoms with Crippen LogP contribution in [0.1, 0.15) is 36.0 Å². The van der Waals surface area contributed by atoms with Crippen molar-refractivity contribution in [3.05, 3.63) is 28.8 Å². The molecular weight excluding hydrogens is 198 g/mol. The summed E-state index contributed by atoms with van der Waals surface area (Å²) in [6, 6.07) is 4.80. The molecule has 1 unspecified atom stereocenters. The average molecular weight is 217 g/mol. The van der Waals surface area contributed by atoms with E-state index < -0.39 is 0 Å². The summed E-state index contributed by atoms with van der Waals surface area (Å²) >= 11 is 0. The number of benzene rings is 1. The second-order valence-electron chi connectivity index (χ2n) is 5.10. The van der Waals surface area contributed by atoms with E-state index >= 15 is 0 Å². The quantitative estimate of drug-likeness (QED) is 0.795. The Hall–Kier alpha value is -1.02. The van der Waals surface area contributed by atoms with Crippen molar-refractivity contribution in [3.63, 3.8) is 0 Å². The van der Waals surface area contributed by atoms with E-state index in [1.165, 1.54) is 36.8 Å². The molecule has 1 atom stereocenters. The average Bonchev–Trinajstić information content (AvgIpc) is 2.89. The summed E-state index contributed by atoms with van der Waals surface area (Å²) in [6.45, 7) is 1.14. The Labute approximate surface area is 96.7 Å². The fourth-order valence-corrected chi connectivity index (χ4v) is 3.02. The molecule has 1 saturated heterocycles. The molecule has 0 amide bonds. The van der Waals surface area contributed by atoms with E-state index in [2.05, 4.69) is 11.4 Å². The van der Waals surface area contributed by atoms with Gasteiger partial charge in [-0.1, -0.05) is 6.07 Å². The maximum atomic E-state index is 10.0. The number of fused-ring (bicyclic) bond motifs is 1. The van der Waals surface area contributed by atoms with Crippen LogP contribution in [0.25, 0.3) is 0 Å². The highest BCUT2D eigenvalue weighted by Crippen LogP contribution is 2.30. The van der Waals surface area contributed by atoms with Crippen molar-refractivity contribution in [3.8, 4) is 5.75 Å². The zero-order valence-electron chi connectivity index (χ0n) is 9.63. The van der Waals surface area contributed by atoms with Crippen molar-refractivity contribution >= 4 is 0 Å². The third kappa shape index (κ3) is 1.82. The predicted octanol–water partition coefficient (Wildman–Crippen LogP) is 2.18. The van der Waals surface area contributed by atoms with Crippen molar-refractivity contribution in [1.82, 2.24) is 5.32 Å². The molecule has 1 heterocycles. The van der Waals surface area contributed by atoms with Gasteiger partial charge in [-0.2, -0.15) is 0 Å². The fraction of sp³-hybridized carbons (Fsp3) is 0.571. The summed E-state index contributed by atoms with van der Waals surface area (Å²) in [4.78, 5) is 0. The number of hydrogen-bond acceptors (Lipinski definition) is 2. The van der Waals surface area contributed by atoms with Gasteiger partial charge in [0.15, 0.2) is 0 Å². The van der Waals surface area contributed by atoms with Crippen molar-refractivity contribution < 1.29 is 5.11 Å². The van der Waals surface area contributed by atoms with Crippen LogP contribution in [0.3, 0.4) is 0 Å². The summed E-state index contributed by atoms with van der Waals surface area (Å²) in [6.07, 6.45) is 7.09. The van der Waals surface area contributed by atoms with Gasteiger partial charge in [-0.15, -0.1) is 0 Å². The third-order valence-electron chi connectivity index (χ3n) is 3.92. The van der Waals surface area contributed by atoms with E-state index in [0.717, 1.165) is 24.9 Å². The summed E-state index contributed by atoms with van der Waals surface area (Å²) < 4.78 is 0. The lowest BCUT2D eigenvalue weighted by Crippen LogP contribution is -2.23. The van der Waals surface area contributed by atoms with Crippen LogP contribution in [0, 0.1) is 0 Å². The largest absolute Gasteiger partial charge is 0.508 e. The van der Waals surface area contributed by atoms with Gasteiger partial charge in [-0.05, 0) is 67.8 Å². The van der Waals surface area contributed by atoms with Gasteiger partial charge in [0.2, 0.25) is 0 Å². The molecule has 3 rings (SSSR count). The molecule has 2 nitrogen and oxygen atoms in total. The van der Waals surface area contributed by atoms with Crippen LogP contribution in [0.4, 0.5) is 0 Å². The van der Waals surface area contributed by atoms with Gasteiger partial charge in [0.1, 0.15) is 5.75 Å². The lowest BCUT2D eigenvalue weighted by molar-refractivity contribution is 0.461. The van der Waals surface area contributed by atoms with Crippen LogP contribution in [-0.2, 0) is 19.3 Å². The Morgan fingerprint density at radius 2 is 2.00 bits per heavy atom. The molecule has 86 valence electrons. The Kier molecular flexibility index (Phi) is 2.60. The first-order valence-electron chi connectivity index (χ1n) is 6.40. The number of phenols is 1. The van der Waals surface area contributed by atoms with E-state index in [-0.39, 0.29) is 0 Å². The topological polar surface area (TPSA) is 32.3 Å². The van der Waals surface area contributed by atoms with E-state index in [1.54, 1.807) is 0 Å². The van der Waals surface area contributed by atoms with Crippen molar-refractivity contribution in [1.29, 1.82) is 0 Å². The Morgan fingerprint density at radius 1 is 1.19 bits per heavy atom. The number of aryl methyl sites for hydroxylation is 2. The lowest BCUT2D eigenvalue weighted by atomic mass is 9.99. The smallest absolute Gasteiger partial charge is 0.119 e. The minimum Gasteiger partial charge on any atom is -0.508 e. The second kappa shape index (κ2) is 4.10. The number of hydrogen-bond donors (Lipinski definition) is 2. The number of rotatable bonds is 2. The molecule has 0 saturated carbocycles. The van der Waals surface area contributed by atoms with Crippen LogP contribution in [0.15, 0.2) is 12.1 Å². The van der Waals surface area contributed by atoms with Crippen LogP contribution >= 0.6 is 0 Å². The predicted molar refractivity (Wildman–Crippen MR) is 64.9 cm³/mol. The molecule has 2 heteroatoms.